The van der Waals surface area contributed by atoms with E-state index in [1.54, 1.807) is 30.5 Å². The Morgan fingerprint density at radius 2 is 1.94 bits per heavy atom. The van der Waals surface area contributed by atoms with Crippen LogP contribution in [0.25, 0.3) is 0 Å². The van der Waals surface area contributed by atoms with Crippen molar-refractivity contribution in [2.45, 2.75) is 6.92 Å². The van der Waals surface area contributed by atoms with Crippen LogP contribution in [0.3, 0.4) is 0 Å². The maximum Gasteiger partial charge on any atom is 0.248 e. The van der Waals surface area contributed by atoms with E-state index in [0.29, 0.717) is 11.5 Å². The summed E-state index contributed by atoms with van der Waals surface area (Å²) in [6, 6.07) is 8.64. The number of amides is 1. The summed E-state index contributed by atoms with van der Waals surface area (Å²) >= 11 is 0. The Morgan fingerprint density at radius 3 is 2.53 bits per heavy atom. The Bertz CT molecular complexity index is 536. The van der Waals surface area contributed by atoms with Crippen molar-refractivity contribution in [3.05, 3.63) is 47.8 Å². The number of nitrogens with one attached hydrogen (secondary N) is 1. The Morgan fingerprint density at radius 1 is 1.24 bits per heavy atom. The standard InChI is InChI=1S/C12H12N4O/c1-8-6-7-14-12(15-8)16-10-4-2-9(3-5-10)11(13)17/h2-7H,1H3,(H2,13,17)(H,14,15,16). The first-order valence-electron chi connectivity index (χ1n) is 5.12. The average Bonchev–Trinajstić information content (AvgIpc) is 2.29. The van der Waals surface area contributed by atoms with Crippen LogP contribution in [0.5, 0.6) is 0 Å². The molecule has 1 aromatic heterocycles. The van der Waals surface area contributed by atoms with Gasteiger partial charge in [-0.2, -0.15) is 0 Å². The van der Waals surface area contributed by atoms with Gasteiger partial charge >= 0.3 is 0 Å². The number of carbonyl (C=O) groups is 1. The van der Waals surface area contributed by atoms with Crippen molar-refractivity contribution in [1.82, 2.24) is 9.97 Å². The first-order chi connectivity index (χ1) is 8.15. The minimum Gasteiger partial charge on any atom is -0.366 e. The zero-order valence-corrected chi connectivity index (χ0v) is 9.34. The summed E-state index contributed by atoms with van der Waals surface area (Å²) in [6.45, 7) is 1.89. The van der Waals surface area contributed by atoms with E-state index in [1.807, 2.05) is 13.0 Å². The molecule has 1 aromatic carbocycles. The monoisotopic (exact) mass is 228 g/mol. The molecule has 0 saturated carbocycles. The van der Waals surface area contributed by atoms with E-state index in [9.17, 15) is 4.79 Å². The molecular weight excluding hydrogens is 216 g/mol. The zero-order valence-electron chi connectivity index (χ0n) is 9.34. The van der Waals surface area contributed by atoms with Crippen LogP contribution in [-0.4, -0.2) is 15.9 Å². The molecule has 0 aliphatic rings. The number of anilines is 2. The minimum absolute atomic E-state index is 0.441. The molecule has 3 N–H and O–H groups in total. The van der Waals surface area contributed by atoms with Gasteiger partial charge < -0.3 is 11.1 Å². The van der Waals surface area contributed by atoms with E-state index in [-0.39, 0.29) is 0 Å². The molecule has 2 aromatic rings. The lowest BCUT2D eigenvalue weighted by atomic mass is 10.2. The molecule has 0 spiro atoms. The van der Waals surface area contributed by atoms with E-state index in [4.69, 9.17) is 5.73 Å². The summed E-state index contributed by atoms with van der Waals surface area (Å²) in [5.74, 6) is 0.0835. The van der Waals surface area contributed by atoms with Crippen molar-refractivity contribution < 1.29 is 4.79 Å². The number of rotatable bonds is 3. The second-order valence-corrected chi connectivity index (χ2v) is 3.59. The SMILES string of the molecule is Cc1ccnc(Nc2ccc(C(N)=O)cc2)n1. The molecule has 0 saturated heterocycles. The van der Waals surface area contributed by atoms with E-state index in [1.165, 1.54) is 0 Å². The fraction of sp³-hybridized carbons (Fsp3) is 0.0833. The van der Waals surface area contributed by atoms with Crippen molar-refractivity contribution in [3.63, 3.8) is 0 Å². The van der Waals surface area contributed by atoms with Gasteiger partial charge in [-0.25, -0.2) is 9.97 Å². The molecule has 86 valence electrons. The van der Waals surface area contributed by atoms with Gasteiger partial charge in [0.25, 0.3) is 0 Å². The second kappa shape index (κ2) is 4.61. The van der Waals surface area contributed by atoms with Gasteiger partial charge in [0, 0.05) is 23.1 Å². The van der Waals surface area contributed by atoms with Gasteiger partial charge in [0.05, 0.1) is 0 Å². The molecule has 5 heteroatoms. The highest BCUT2D eigenvalue weighted by molar-refractivity contribution is 5.93. The highest BCUT2D eigenvalue weighted by atomic mass is 16.1. The van der Waals surface area contributed by atoms with Crippen LogP contribution in [0.15, 0.2) is 36.5 Å². The Labute approximate surface area is 98.7 Å². The molecule has 5 nitrogen and oxygen atoms in total. The van der Waals surface area contributed by atoms with Crippen LogP contribution < -0.4 is 11.1 Å². The predicted octanol–water partition coefficient (Wildman–Crippen LogP) is 1.63. The number of aryl methyl sites for hydroxylation is 1. The zero-order chi connectivity index (χ0) is 12.3. The summed E-state index contributed by atoms with van der Waals surface area (Å²) in [7, 11) is 0. The van der Waals surface area contributed by atoms with E-state index >= 15 is 0 Å². The van der Waals surface area contributed by atoms with Crippen molar-refractivity contribution in [3.8, 4) is 0 Å². The third-order valence-electron chi connectivity index (χ3n) is 2.22. The lowest BCUT2D eigenvalue weighted by Gasteiger charge is -2.05. The number of hydrogen-bond donors (Lipinski definition) is 2. The second-order valence-electron chi connectivity index (χ2n) is 3.59. The van der Waals surface area contributed by atoms with Crippen LogP contribution in [0, 0.1) is 6.92 Å². The smallest absolute Gasteiger partial charge is 0.248 e. The number of primary amides is 1. The highest BCUT2D eigenvalue weighted by Crippen LogP contribution is 2.13. The van der Waals surface area contributed by atoms with Crippen molar-refractivity contribution in [2.24, 2.45) is 5.73 Å². The number of nitrogens with zero attached hydrogens (tertiary/aromatic N) is 2. The van der Waals surface area contributed by atoms with Gasteiger partial charge in [-0.1, -0.05) is 0 Å². The van der Waals surface area contributed by atoms with Gasteiger partial charge in [-0.3, -0.25) is 4.79 Å². The number of hydrogen-bond acceptors (Lipinski definition) is 4. The molecule has 0 radical (unpaired) electrons. The summed E-state index contributed by atoms with van der Waals surface area (Å²) < 4.78 is 0. The molecule has 0 fully saturated rings. The lowest BCUT2D eigenvalue weighted by molar-refractivity contribution is 0.100. The quantitative estimate of drug-likeness (QED) is 0.836. The summed E-state index contributed by atoms with van der Waals surface area (Å²) in [5, 5.41) is 3.04. The van der Waals surface area contributed by atoms with Crippen LogP contribution in [0.1, 0.15) is 16.1 Å². The summed E-state index contributed by atoms with van der Waals surface area (Å²) in [6.07, 6.45) is 1.68. The molecule has 2 rings (SSSR count). The van der Waals surface area contributed by atoms with Crippen LogP contribution in [-0.2, 0) is 0 Å². The summed E-state index contributed by atoms with van der Waals surface area (Å²) in [5.41, 5.74) is 7.32. The van der Waals surface area contributed by atoms with Crippen LogP contribution >= 0.6 is 0 Å². The topological polar surface area (TPSA) is 80.9 Å². The molecular formula is C12H12N4O. The molecule has 0 aliphatic heterocycles. The third kappa shape index (κ3) is 2.78. The Balaban J connectivity index is 2.16. The fourth-order valence-corrected chi connectivity index (χ4v) is 1.36. The number of aromatic nitrogens is 2. The van der Waals surface area contributed by atoms with Gasteiger partial charge in [0.15, 0.2) is 0 Å². The molecule has 0 bridgehead atoms. The maximum atomic E-state index is 10.9. The predicted molar refractivity (Wildman–Crippen MR) is 65.0 cm³/mol. The van der Waals surface area contributed by atoms with Gasteiger partial charge in [-0.15, -0.1) is 0 Å². The molecule has 1 heterocycles. The van der Waals surface area contributed by atoms with Crippen LogP contribution in [0.2, 0.25) is 0 Å². The summed E-state index contributed by atoms with van der Waals surface area (Å²) in [4.78, 5) is 19.2. The normalized spacial score (nSPS) is 9.94. The molecule has 0 aliphatic carbocycles. The maximum absolute atomic E-state index is 10.9. The van der Waals surface area contributed by atoms with Gasteiger partial charge in [-0.05, 0) is 37.3 Å². The minimum atomic E-state index is -0.441. The Hall–Kier alpha value is -2.43. The molecule has 1 amide bonds. The lowest BCUT2D eigenvalue weighted by Crippen LogP contribution is -2.10. The van der Waals surface area contributed by atoms with Crippen molar-refractivity contribution >= 4 is 17.5 Å². The number of nitrogens with two attached hydrogens (primary N) is 1. The van der Waals surface area contributed by atoms with E-state index in [0.717, 1.165) is 11.4 Å². The fourth-order valence-electron chi connectivity index (χ4n) is 1.36. The van der Waals surface area contributed by atoms with Gasteiger partial charge in [0.1, 0.15) is 0 Å². The third-order valence-corrected chi connectivity index (χ3v) is 2.22. The molecule has 0 atom stereocenters. The largest absolute Gasteiger partial charge is 0.366 e. The molecule has 17 heavy (non-hydrogen) atoms. The Kier molecular flexibility index (Phi) is 3.00. The molecule has 0 unspecified atom stereocenters. The highest BCUT2D eigenvalue weighted by Gasteiger charge is 2.01. The van der Waals surface area contributed by atoms with E-state index in [2.05, 4.69) is 15.3 Å². The van der Waals surface area contributed by atoms with Gasteiger partial charge in [0.2, 0.25) is 11.9 Å². The number of benzene rings is 1. The first kappa shape index (κ1) is 11.1. The first-order valence-corrected chi connectivity index (χ1v) is 5.12. The van der Waals surface area contributed by atoms with Crippen molar-refractivity contribution in [2.75, 3.05) is 5.32 Å². The van der Waals surface area contributed by atoms with Crippen LogP contribution in [0.4, 0.5) is 11.6 Å². The van der Waals surface area contributed by atoms with E-state index < -0.39 is 5.91 Å². The number of carbonyl (C=O) groups excluding carboxylic acids is 1. The average molecular weight is 228 g/mol. The van der Waals surface area contributed by atoms with Crippen molar-refractivity contribution in [1.29, 1.82) is 0 Å².